The molecule has 1 aromatic rings. The van der Waals surface area contributed by atoms with Gasteiger partial charge in [0.1, 0.15) is 0 Å². The van der Waals surface area contributed by atoms with E-state index in [1.54, 1.807) is 0 Å². The molecule has 7 heteroatoms. The van der Waals surface area contributed by atoms with Gasteiger partial charge in [-0.15, -0.1) is 0 Å². The highest BCUT2D eigenvalue weighted by Crippen LogP contribution is 2.27. The lowest BCUT2D eigenvalue weighted by Crippen LogP contribution is -2.36. The van der Waals surface area contributed by atoms with E-state index < -0.39 is 11.8 Å². The van der Waals surface area contributed by atoms with Gasteiger partial charge in [-0.1, -0.05) is 0 Å². The average Bonchev–Trinajstić information content (AvgIpc) is 2.78. The van der Waals surface area contributed by atoms with Crippen LogP contribution in [0.25, 0.3) is 0 Å². The van der Waals surface area contributed by atoms with Gasteiger partial charge in [0.25, 0.3) is 11.8 Å². The lowest BCUT2D eigenvalue weighted by atomic mass is 9.97. The van der Waals surface area contributed by atoms with E-state index in [-0.39, 0.29) is 5.95 Å². The van der Waals surface area contributed by atoms with Crippen molar-refractivity contribution >= 4 is 5.95 Å². The second-order valence-corrected chi connectivity index (χ2v) is 4.45. The fourth-order valence-electron chi connectivity index (χ4n) is 1.89. The topological polar surface area (TPSA) is 68.2 Å². The summed E-state index contributed by atoms with van der Waals surface area (Å²) in [7, 11) is 0. The normalized spacial score (nSPS) is 18.7. The van der Waals surface area contributed by atoms with E-state index in [2.05, 4.69) is 14.7 Å². The molecule has 5 nitrogen and oxygen atoms in total. The fourth-order valence-corrected chi connectivity index (χ4v) is 1.89. The molecule has 0 aliphatic carbocycles. The number of hydrogen-bond acceptors (Lipinski definition) is 5. The van der Waals surface area contributed by atoms with Crippen molar-refractivity contribution in [3.8, 4) is 0 Å². The Morgan fingerprint density at radius 2 is 2.12 bits per heavy atom. The molecule has 0 bridgehead atoms. The number of rotatable bonds is 3. The quantitative estimate of drug-likeness (QED) is 0.872. The fraction of sp³-hybridized carbons (Fsp3) is 0.800. The van der Waals surface area contributed by atoms with Crippen LogP contribution in [-0.4, -0.2) is 29.8 Å². The SMILES string of the molecule is CC(F)(F)c1nc(N2CCC(CN)CC2)no1. The molecule has 0 saturated carbocycles. The summed E-state index contributed by atoms with van der Waals surface area (Å²) >= 11 is 0. The zero-order chi connectivity index (χ0) is 12.5. The van der Waals surface area contributed by atoms with Gasteiger partial charge in [-0.25, -0.2) is 0 Å². The van der Waals surface area contributed by atoms with E-state index in [4.69, 9.17) is 5.73 Å². The van der Waals surface area contributed by atoms with Gasteiger partial charge in [-0.2, -0.15) is 13.8 Å². The predicted octanol–water partition coefficient (Wildman–Crippen LogP) is 1.36. The average molecular weight is 246 g/mol. The van der Waals surface area contributed by atoms with E-state index in [1.807, 2.05) is 4.90 Å². The first-order valence-electron chi connectivity index (χ1n) is 5.67. The molecule has 1 aromatic heterocycles. The third-order valence-corrected chi connectivity index (χ3v) is 3.02. The van der Waals surface area contributed by atoms with Gasteiger partial charge < -0.3 is 15.2 Å². The second-order valence-electron chi connectivity index (χ2n) is 4.45. The van der Waals surface area contributed by atoms with E-state index >= 15 is 0 Å². The maximum Gasteiger partial charge on any atom is 0.322 e. The van der Waals surface area contributed by atoms with Crippen molar-refractivity contribution in [3.63, 3.8) is 0 Å². The van der Waals surface area contributed by atoms with Gasteiger partial charge in [-0.05, 0) is 30.5 Å². The Hall–Kier alpha value is -1.24. The van der Waals surface area contributed by atoms with Crippen LogP contribution in [0, 0.1) is 5.92 Å². The minimum atomic E-state index is -3.08. The standard InChI is InChI=1S/C10H16F2N4O/c1-10(11,12)8-14-9(15-17-8)16-4-2-7(6-13)3-5-16/h7H,2-6,13H2,1H3. The summed E-state index contributed by atoms with van der Waals surface area (Å²) in [5.41, 5.74) is 5.58. The first kappa shape index (κ1) is 12.2. The summed E-state index contributed by atoms with van der Waals surface area (Å²) < 4.78 is 30.4. The number of halogens is 2. The summed E-state index contributed by atoms with van der Waals surface area (Å²) in [5, 5.41) is 3.59. The molecule has 0 unspecified atom stereocenters. The number of nitrogens with two attached hydrogens (primary N) is 1. The molecular weight excluding hydrogens is 230 g/mol. The number of nitrogens with zero attached hydrogens (tertiary/aromatic N) is 3. The Kier molecular flexibility index (Phi) is 3.28. The van der Waals surface area contributed by atoms with E-state index in [0.717, 1.165) is 32.9 Å². The smallest absolute Gasteiger partial charge is 0.322 e. The predicted molar refractivity (Wildman–Crippen MR) is 57.9 cm³/mol. The highest BCUT2D eigenvalue weighted by atomic mass is 19.3. The first-order chi connectivity index (χ1) is 8.00. The molecule has 1 saturated heterocycles. The molecular formula is C10H16F2N4O. The lowest BCUT2D eigenvalue weighted by Gasteiger charge is -2.29. The molecule has 1 aliphatic heterocycles. The summed E-state index contributed by atoms with van der Waals surface area (Å²) in [6.45, 7) is 2.87. The molecule has 0 amide bonds. The van der Waals surface area contributed by atoms with Crippen LogP contribution in [0.4, 0.5) is 14.7 Å². The van der Waals surface area contributed by atoms with Crippen LogP contribution in [0.2, 0.25) is 0 Å². The molecule has 96 valence electrons. The summed E-state index contributed by atoms with van der Waals surface area (Å²) in [6.07, 6.45) is 1.87. The molecule has 2 N–H and O–H groups in total. The monoisotopic (exact) mass is 246 g/mol. The van der Waals surface area contributed by atoms with Crippen LogP contribution in [0.15, 0.2) is 4.52 Å². The highest BCUT2D eigenvalue weighted by Gasteiger charge is 2.33. The van der Waals surface area contributed by atoms with Crippen molar-refractivity contribution in [2.75, 3.05) is 24.5 Å². The Labute approximate surface area is 98.0 Å². The van der Waals surface area contributed by atoms with Crippen LogP contribution in [-0.2, 0) is 5.92 Å². The number of hydrogen-bond donors (Lipinski definition) is 1. The van der Waals surface area contributed by atoms with Gasteiger partial charge in [0.15, 0.2) is 0 Å². The molecule has 2 heterocycles. The Morgan fingerprint density at radius 1 is 1.47 bits per heavy atom. The molecule has 0 aromatic carbocycles. The molecule has 1 aliphatic rings. The van der Waals surface area contributed by atoms with Crippen molar-refractivity contribution in [2.45, 2.75) is 25.7 Å². The van der Waals surface area contributed by atoms with E-state index in [0.29, 0.717) is 12.5 Å². The maximum absolute atomic E-state index is 12.9. The Balaban J connectivity index is 2.02. The Bertz CT molecular complexity index is 369. The maximum atomic E-state index is 12.9. The number of piperidine rings is 1. The zero-order valence-electron chi connectivity index (χ0n) is 9.70. The lowest BCUT2D eigenvalue weighted by molar-refractivity contribution is -0.0158. The number of alkyl halides is 2. The van der Waals surface area contributed by atoms with E-state index in [1.165, 1.54) is 0 Å². The molecule has 0 atom stereocenters. The minimum Gasteiger partial charge on any atom is -0.338 e. The molecule has 1 fully saturated rings. The molecule has 0 radical (unpaired) electrons. The minimum absolute atomic E-state index is 0.247. The molecule has 17 heavy (non-hydrogen) atoms. The third-order valence-electron chi connectivity index (χ3n) is 3.02. The van der Waals surface area contributed by atoms with Crippen LogP contribution in [0.5, 0.6) is 0 Å². The van der Waals surface area contributed by atoms with Crippen LogP contribution in [0.3, 0.4) is 0 Å². The van der Waals surface area contributed by atoms with Crippen molar-refractivity contribution < 1.29 is 13.3 Å². The second kappa shape index (κ2) is 4.56. The van der Waals surface area contributed by atoms with Crippen molar-refractivity contribution in [2.24, 2.45) is 11.7 Å². The van der Waals surface area contributed by atoms with Crippen molar-refractivity contribution in [1.29, 1.82) is 0 Å². The van der Waals surface area contributed by atoms with Crippen molar-refractivity contribution in [3.05, 3.63) is 5.89 Å². The number of aromatic nitrogens is 2. The van der Waals surface area contributed by atoms with Gasteiger partial charge >= 0.3 is 5.92 Å². The largest absolute Gasteiger partial charge is 0.338 e. The molecule has 0 spiro atoms. The van der Waals surface area contributed by atoms with E-state index in [9.17, 15) is 8.78 Å². The highest BCUT2D eigenvalue weighted by molar-refractivity contribution is 5.28. The molecule has 2 rings (SSSR count). The van der Waals surface area contributed by atoms with Gasteiger partial charge in [-0.3, -0.25) is 0 Å². The zero-order valence-corrected chi connectivity index (χ0v) is 9.70. The van der Waals surface area contributed by atoms with Gasteiger partial charge in [0.05, 0.1) is 0 Å². The summed E-state index contributed by atoms with van der Waals surface area (Å²) in [5.74, 6) is -2.96. The van der Waals surface area contributed by atoms with Crippen LogP contribution < -0.4 is 10.6 Å². The third kappa shape index (κ3) is 2.71. The van der Waals surface area contributed by atoms with Gasteiger partial charge in [0.2, 0.25) is 0 Å². The summed E-state index contributed by atoms with van der Waals surface area (Å²) in [6, 6.07) is 0. The summed E-state index contributed by atoms with van der Waals surface area (Å²) in [4.78, 5) is 5.58. The van der Waals surface area contributed by atoms with Crippen molar-refractivity contribution in [1.82, 2.24) is 10.1 Å². The van der Waals surface area contributed by atoms with Crippen LogP contribution >= 0.6 is 0 Å². The van der Waals surface area contributed by atoms with Crippen LogP contribution in [0.1, 0.15) is 25.7 Å². The van der Waals surface area contributed by atoms with Gasteiger partial charge in [0, 0.05) is 20.0 Å². The Morgan fingerprint density at radius 3 is 2.59 bits per heavy atom. The number of anilines is 1. The first-order valence-corrected chi connectivity index (χ1v) is 5.67.